The van der Waals surface area contributed by atoms with E-state index in [1.54, 1.807) is 11.1 Å². The fourth-order valence-corrected chi connectivity index (χ4v) is 2.50. The van der Waals surface area contributed by atoms with Crippen LogP contribution >= 0.6 is 0 Å². The molecule has 1 saturated heterocycles. The van der Waals surface area contributed by atoms with Gasteiger partial charge in [-0.1, -0.05) is 6.92 Å². The Labute approximate surface area is 133 Å². The molecule has 1 aromatic heterocycles. The minimum absolute atomic E-state index is 0.135. The van der Waals surface area contributed by atoms with Crippen LogP contribution < -0.4 is 10.2 Å². The van der Waals surface area contributed by atoms with E-state index in [1.807, 2.05) is 39.8 Å². The number of anilines is 1. The molecule has 0 atom stereocenters. The second-order valence-electron chi connectivity index (χ2n) is 6.52. The second kappa shape index (κ2) is 7.09. The number of aryl methyl sites for hydroxylation is 1. The number of aromatic nitrogens is 1. The minimum atomic E-state index is -0.466. The Morgan fingerprint density at radius 3 is 2.73 bits per heavy atom. The summed E-state index contributed by atoms with van der Waals surface area (Å²) in [4.78, 5) is 18.9. The molecule has 1 fully saturated rings. The van der Waals surface area contributed by atoms with Gasteiger partial charge in [-0.15, -0.1) is 0 Å². The topological polar surface area (TPSA) is 54.5 Å². The van der Waals surface area contributed by atoms with Crippen LogP contribution in [0.1, 0.15) is 45.6 Å². The van der Waals surface area contributed by atoms with Crippen molar-refractivity contribution in [2.75, 3.05) is 18.0 Å². The zero-order chi connectivity index (χ0) is 16.2. The van der Waals surface area contributed by atoms with E-state index < -0.39 is 5.60 Å². The number of amides is 1. The largest absolute Gasteiger partial charge is 0.443 e. The molecular formula is C17H27N3O2. The van der Waals surface area contributed by atoms with Crippen LogP contribution in [0.3, 0.4) is 0 Å². The number of hydrogen-bond donors (Lipinski definition) is 1. The van der Waals surface area contributed by atoms with Crippen molar-refractivity contribution in [2.45, 2.75) is 58.6 Å². The van der Waals surface area contributed by atoms with E-state index in [-0.39, 0.29) is 12.1 Å². The maximum absolute atomic E-state index is 12.8. The van der Waals surface area contributed by atoms with Crippen molar-refractivity contribution in [1.82, 2.24) is 10.3 Å². The Morgan fingerprint density at radius 2 is 2.14 bits per heavy atom. The van der Waals surface area contributed by atoms with Crippen LogP contribution in [0, 0.1) is 6.92 Å². The van der Waals surface area contributed by atoms with Gasteiger partial charge in [0.2, 0.25) is 0 Å². The number of carbonyl (C=O) groups excluding carboxylic acids is 1. The van der Waals surface area contributed by atoms with E-state index >= 15 is 0 Å². The first-order valence-electron chi connectivity index (χ1n) is 8.08. The van der Waals surface area contributed by atoms with Crippen molar-refractivity contribution in [3.8, 4) is 0 Å². The van der Waals surface area contributed by atoms with Gasteiger partial charge in [-0.05, 0) is 70.8 Å². The van der Waals surface area contributed by atoms with Crippen molar-refractivity contribution in [3.63, 3.8) is 0 Å². The predicted molar refractivity (Wildman–Crippen MR) is 88.2 cm³/mol. The summed E-state index contributed by atoms with van der Waals surface area (Å²) in [6, 6.07) is 4.02. The first-order valence-corrected chi connectivity index (χ1v) is 8.08. The zero-order valence-corrected chi connectivity index (χ0v) is 14.1. The Kier molecular flexibility index (Phi) is 5.40. The van der Waals surface area contributed by atoms with Gasteiger partial charge in [0.05, 0.1) is 0 Å². The maximum atomic E-state index is 12.8. The molecule has 2 heterocycles. The van der Waals surface area contributed by atoms with E-state index in [4.69, 9.17) is 4.74 Å². The van der Waals surface area contributed by atoms with Crippen molar-refractivity contribution in [1.29, 1.82) is 0 Å². The highest BCUT2D eigenvalue weighted by Crippen LogP contribution is 2.24. The number of pyridine rings is 1. The molecule has 0 saturated carbocycles. The fraction of sp³-hybridized carbons (Fsp3) is 0.647. The zero-order valence-electron chi connectivity index (χ0n) is 14.1. The third-order valence-corrected chi connectivity index (χ3v) is 4.23. The molecule has 0 spiro atoms. The van der Waals surface area contributed by atoms with Gasteiger partial charge in [0.15, 0.2) is 0 Å². The van der Waals surface area contributed by atoms with E-state index in [2.05, 4.69) is 10.3 Å². The summed E-state index contributed by atoms with van der Waals surface area (Å²) in [6.07, 6.45) is 4.06. The molecule has 1 amide bonds. The summed E-state index contributed by atoms with van der Waals surface area (Å²) >= 11 is 0. The molecule has 0 bridgehead atoms. The summed E-state index contributed by atoms with van der Waals surface area (Å²) in [5.41, 5.74) is 0.623. The van der Waals surface area contributed by atoms with Crippen LogP contribution in [-0.2, 0) is 4.74 Å². The number of hydrogen-bond acceptors (Lipinski definition) is 4. The summed E-state index contributed by atoms with van der Waals surface area (Å²) < 4.78 is 5.72. The molecule has 0 radical (unpaired) electrons. The summed E-state index contributed by atoms with van der Waals surface area (Å²) in [5, 5.41) is 3.33. The third-order valence-electron chi connectivity index (χ3n) is 4.23. The molecule has 1 aliphatic rings. The van der Waals surface area contributed by atoms with Crippen LogP contribution in [0.4, 0.5) is 10.6 Å². The summed E-state index contributed by atoms with van der Waals surface area (Å²) in [7, 11) is 0. The van der Waals surface area contributed by atoms with Crippen LogP contribution in [0.5, 0.6) is 0 Å². The quantitative estimate of drug-likeness (QED) is 0.927. The monoisotopic (exact) mass is 305 g/mol. The number of piperidine rings is 1. The average molecular weight is 305 g/mol. The van der Waals surface area contributed by atoms with Gasteiger partial charge in [-0.3, -0.25) is 4.90 Å². The minimum Gasteiger partial charge on any atom is -0.443 e. The first-order chi connectivity index (χ1) is 10.4. The number of nitrogens with zero attached hydrogens (tertiary/aromatic N) is 2. The molecule has 22 heavy (non-hydrogen) atoms. The lowest BCUT2D eigenvalue weighted by Gasteiger charge is -2.35. The fourth-order valence-electron chi connectivity index (χ4n) is 2.50. The summed E-state index contributed by atoms with van der Waals surface area (Å²) in [5.74, 6) is 0.684. The highest BCUT2D eigenvalue weighted by Gasteiger charge is 2.32. The number of rotatable bonds is 4. The molecule has 1 aliphatic heterocycles. The molecule has 0 unspecified atom stereocenters. The number of ether oxygens (including phenoxy) is 1. The summed E-state index contributed by atoms with van der Waals surface area (Å²) in [6.45, 7) is 9.74. The molecular weight excluding hydrogens is 278 g/mol. The SMILES string of the molecule is CCC(C)(C)OC(=O)N(c1cc(C)ccn1)C1CCNCC1. The van der Waals surface area contributed by atoms with Crippen molar-refractivity contribution in [3.05, 3.63) is 23.9 Å². The first kappa shape index (κ1) is 16.7. The third kappa shape index (κ3) is 4.19. The van der Waals surface area contributed by atoms with E-state index in [0.717, 1.165) is 37.9 Å². The van der Waals surface area contributed by atoms with Crippen molar-refractivity contribution < 1.29 is 9.53 Å². The molecule has 122 valence electrons. The normalized spacial score (nSPS) is 16.4. The second-order valence-corrected chi connectivity index (χ2v) is 6.52. The molecule has 2 rings (SSSR count). The van der Waals surface area contributed by atoms with Crippen molar-refractivity contribution >= 4 is 11.9 Å². The van der Waals surface area contributed by atoms with Gasteiger partial charge in [0, 0.05) is 12.2 Å². The lowest BCUT2D eigenvalue weighted by Crippen LogP contribution is -2.48. The average Bonchev–Trinajstić information content (AvgIpc) is 2.48. The standard InChI is InChI=1S/C17H27N3O2/c1-5-17(3,4)22-16(21)20(14-7-9-18-10-8-14)15-12-13(2)6-11-19-15/h6,11-12,14,18H,5,7-10H2,1-4H3. The van der Waals surface area contributed by atoms with Crippen LogP contribution in [-0.4, -0.2) is 35.8 Å². The van der Waals surface area contributed by atoms with Crippen molar-refractivity contribution in [2.24, 2.45) is 0 Å². The van der Waals surface area contributed by atoms with Gasteiger partial charge in [-0.25, -0.2) is 9.78 Å². The molecule has 5 heteroatoms. The lowest BCUT2D eigenvalue weighted by molar-refractivity contribution is 0.0392. The van der Waals surface area contributed by atoms with Gasteiger partial charge < -0.3 is 10.1 Å². The molecule has 5 nitrogen and oxygen atoms in total. The smallest absolute Gasteiger partial charge is 0.416 e. The Balaban J connectivity index is 2.26. The Hall–Kier alpha value is -1.62. The highest BCUT2D eigenvalue weighted by atomic mass is 16.6. The Bertz CT molecular complexity index is 510. The maximum Gasteiger partial charge on any atom is 0.416 e. The van der Waals surface area contributed by atoms with E-state index in [0.29, 0.717) is 5.82 Å². The molecule has 0 aliphatic carbocycles. The van der Waals surface area contributed by atoms with Gasteiger partial charge in [0.25, 0.3) is 0 Å². The highest BCUT2D eigenvalue weighted by molar-refractivity contribution is 5.87. The van der Waals surface area contributed by atoms with E-state index in [1.165, 1.54) is 0 Å². The van der Waals surface area contributed by atoms with Gasteiger partial charge >= 0.3 is 6.09 Å². The number of carbonyl (C=O) groups is 1. The van der Waals surface area contributed by atoms with Crippen LogP contribution in [0.25, 0.3) is 0 Å². The molecule has 0 aromatic carbocycles. The lowest BCUT2D eigenvalue weighted by atomic mass is 10.0. The predicted octanol–water partition coefficient (Wildman–Crippen LogP) is 3.27. The van der Waals surface area contributed by atoms with Crippen LogP contribution in [0.2, 0.25) is 0 Å². The van der Waals surface area contributed by atoms with Gasteiger partial charge in [-0.2, -0.15) is 0 Å². The molecule has 1 N–H and O–H groups in total. The molecule has 1 aromatic rings. The van der Waals surface area contributed by atoms with E-state index in [9.17, 15) is 4.79 Å². The van der Waals surface area contributed by atoms with Crippen LogP contribution in [0.15, 0.2) is 18.3 Å². The Morgan fingerprint density at radius 1 is 1.45 bits per heavy atom. The number of nitrogens with one attached hydrogen (secondary N) is 1. The van der Waals surface area contributed by atoms with Gasteiger partial charge in [0.1, 0.15) is 11.4 Å².